The lowest BCUT2D eigenvalue weighted by atomic mass is 9.95. The van der Waals surface area contributed by atoms with Gasteiger partial charge in [-0.25, -0.2) is 0 Å². The molecule has 0 bridgehead atoms. The van der Waals surface area contributed by atoms with Crippen LogP contribution < -0.4 is 5.73 Å². The zero-order valence-electron chi connectivity index (χ0n) is 19.3. The molecule has 158 valence electrons. The monoisotopic (exact) mass is 401 g/mol. The third-order valence-electron chi connectivity index (χ3n) is 5.04. The molecule has 0 radical (unpaired) electrons. The van der Waals surface area contributed by atoms with Crippen LogP contribution in [0.2, 0.25) is 51.4 Å². The summed E-state index contributed by atoms with van der Waals surface area (Å²) in [5, 5.41) is 11.4. The summed E-state index contributed by atoms with van der Waals surface area (Å²) in [6.45, 7) is 16.5. The van der Waals surface area contributed by atoms with Gasteiger partial charge in [-0.15, -0.1) is 0 Å². The molecule has 0 fully saturated rings. The zero-order valence-corrected chi connectivity index (χ0v) is 21.3. The molecule has 2 nitrogen and oxygen atoms in total. The van der Waals surface area contributed by atoms with Crippen molar-refractivity contribution in [3.8, 4) is 0 Å². The summed E-state index contributed by atoms with van der Waals surface area (Å²) in [5.74, 6) is 0. The van der Waals surface area contributed by atoms with Gasteiger partial charge in [-0.3, -0.25) is 0 Å². The first-order valence-corrected chi connectivity index (χ1v) is 18.8. The van der Waals surface area contributed by atoms with Crippen molar-refractivity contribution >= 4 is 16.1 Å². The average Bonchev–Trinajstić information content (AvgIpc) is 2.40. The summed E-state index contributed by atoms with van der Waals surface area (Å²) < 4.78 is 0. The lowest BCUT2D eigenvalue weighted by Crippen LogP contribution is -2.46. The van der Waals surface area contributed by atoms with Crippen molar-refractivity contribution in [3.63, 3.8) is 0 Å². The zero-order chi connectivity index (χ0) is 20.3. The fourth-order valence-corrected chi connectivity index (χ4v) is 9.23. The lowest BCUT2D eigenvalue weighted by molar-refractivity contribution is 0.0597. The highest BCUT2D eigenvalue weighted by atomic mass is 28.3. The molecule has 26 heavy (non-hydrogen) atoms. The minimum Gasteiger partial charge on any atom is -0.390 e. The average molecular weight is 402 g/mol. The van der Waals surface area contributed by atoms with E-state index in [0.717, 1.165) is 24.9 Å². The Hall–Kier alpha value is 0.354. The smallest absolute Gasteiger partial charge is 0.0616 e. The van der Waals surface area contributed by atoms with Gasteiger partial charge >= 0.3 is 0 Å². The molecule has 0 aliphatic heterocycles. The van der Waals surface area contributed by atoms with Crippen molar-refractivity contribution in [1.82, 2.24) is 0 Å². The summed E-state index contributed by atoms with van der Waals surface area (Å²) in [7, 11) is -2.61. The number of hydrogen-bond acceptors (Lipinski definition) is 2. The van der Waals surface area contributed by atoms with E-state index in [4.69, 9.17) is 5.73 Å². The molecular formula is C22H51NOSi2. The van der Waals surface area contributed by atoms with E-state index < -0.39 is 21.7 Å². The molecule has 0 aromatic carbocycles. The van der Waals surface area contributed by atoms with E-state index in [9.17, 15) is 5.11 Å². The first-order chi connectivity index (χ1) is 11.9. The van der Waals surface area contributed by atoms with Gasteiger partial charge < -0.3 is 10.8 Å². The molecule has 0 amide bonds. The van der Waals surface area contributed by atoms with Crippen LogP contribution in [-0.2, 0) is 0 Å². The van der Waals surface area contributed by atoms with Gasteiger partial charge in [0.15, 0.2) is 0 Å². The second-order valence-corrected chi connectivity index (χ2v) is 22.2. The molecule has 0 heterocycles. The van der Waals surface area contributed by atoms with Crippen LogP contribution in [0.5, 0.6) is 0 Å². The van der Waals surface area contributed by atoms with Crippen molar-refractivity contribution in [2.45, 2.75) is 141 Å². The number of aliphatic hydroxyl groups is 1. The minimum absolute atomic E-state index is 0.164. The van der Waals surface area contributed by atoms with Gasteiger partial charge in [0.2, 0.25) is 0 Å². The van der Waals surface area contributed by atoms with E-state index in [0.29, 0.717) is 0 Å². The van der Waals surface area contributed by atoms with E-state index in [-0.39, 0.29) is 6.04 Å². The van der Waals surface area contributed by atoms with Crippen molar-refractivity contribution in [3.05, 3.63) is 0 Å². The SMILES string of the molecule is CCCCCCCCCCC[C@H](N)CC(O)(C[Si](C)(C)C)C[Si](C)(C)C. The fraction of sp³-hybridized carbons (Fsp3) is 1.00. The highest BCUT2D eigenvalue weighted by molar-refractivity contribution is 6.78. The normalized spacial score (nSPS) is 14.7. The van der Waals surface area contributed by atoms with E-state index in [1.54, 1.807) is 0 Å². The summed E-state index contributed by atoms with van der Waals surface area (Å²) in [5.41, 5.74) is 5.94. The van der Waals surface area contributed by atoms with Crippen LogP contribution in [0.4, 0.5) is 0 Å². The largest absolute Gasteiger partial charge is 0.390 e. The van der Waals surface area contributed by atoms with Gasteiger partial charge in [0.25, 0.3) is 0 Å². The topological polar surface area (TPSA) is 46.2 Å². The van der Waals surface area contributed by atoms with Crippen LogP contribution in [-0.4, -0.2) is 32.9 Å². The maximum atomic E-state index is 11.4. The summed E-state index contributed by atoms with van der Waals surface area (Å²) in [6, 6.07) is 2.16. The Morgan fingerprint density at radius 1 is 0.731 bits per heavy atom. The number of unbranched alkanes of at least 4 members (excludes halogenated alkanes) is 8. The van der Waals surface area contributed by atoms with Crippen LogP contribution in [0.25, 0.3) is 0 Å². The van der Waals surface area contributed by atoms with Crippen molar-refractivity contribution < 1.29 is 5.11 Å². The van der Waals surface area contributed by atoms with E-state index in [1.807, 2.05) is 0 Å². The summed E-state index contributed by atoms with van der Waals surface area (Å²) >= 11 is 0. The molecule has 0 unspecified atom stereocenters. The van der Waals surface area contributed by atoms with Crippen molar-refractivity contribution in [2.75, 3.05) is 0 Å². The number of hydrogen-bond donors (Lipinski definition) is 2. The Balaban J connectivity index is 4.15. The molecule has 3 N–H and O–H groups in total. The first kappa shape index (κ1) is 26.4. The predicted octanol–water partition coefficient (Wildman–Crippen LogP) is 7.03. The van der Waals surface area contributed by atoms with Crippen LogP contribution >= 0.6 is 0 Å². The fourth-order valence-electron chi connectivity index (χ4n) is 4.49. The van der Waals surface area contributed by atoms with Crippen molar-refractivity contribution in [2.24, 2.45) is 5.73 Å². The molecule has 0 aliphatic rings. The molecule has 0 aromatic heterocycles. The molecule has 1 atom stereocenters. The quantitative estimate of drug-likeness (QED) is 0.215. The Labute approximate surface area is 167 Å². The number of nitrogens with two attached hydrogens (primary N) is 1. The van der Waals surface area contributed by atoms with E-state index in [1.165, 1.54) is 57.8 Å². The Morgan fingerprint density at radius 3 is 1.50 bits per heavy atom. The van der Waals surface area contributed by atoms with E-state index >= 15 is 0 Å². The Bertz CT molecular complexity index is 331. The maximum absolute atomic E-state index is 11.4. The molecule has 0 rings (SSSR count). The first-order valence-electron chi connectivity index (χ1n) is 11.3. The van der Waals surface area contributed by atoms with Gasteiger partial charge in [0, 0.05) is 22.2 Å². The summed E-state index contributed by atoms with van der Waals surface area (Å²) in [6.07, 6.45) is 14.1. The van der Waals surface area contributed by atoms with Gasteiger partial charge in [0.05, 0.1) is 5.60 Å². The molecule has 0 aromatic rings. The predicted molar refractivity (Wildman–Crippen MR) is 126 cm³/mol. The van der Waals surface area contributed by atoms with Crippen LogP contribution in [0.1, 0.15) is 77.6 Å². The molecule has 0 aliphatic carbocycles. The maximum Gasteiger partial charge on any atom is 0.0616 e. The van der Waals surface area contributed by atoms with Gasteiger partial charge in [0.1, 0.15) is 0 Å². The highest BCUT2D eigenvalue weighted by Crippen LogP contribution is 2.34. The van der Waals surface area contributed by atoms with Crippen LogP contribution in [0.15, 0.2) is 0 Å². The van der Waals surface area contributed by atoms with E-state index in [2.05, 4.69) is 46.2 Å². The Morgan fingerprint density at radius 2 is 1.12 bits per heavy atom. The highest BCUT2D eigenvalue weighted by Gasteiger charge is 2.38. The second-order valence-electron chi connectivity index (χ2n) is 11.3. The third-order valence-corrected chi connectivity index (χ3v) is 8.48. The molecule has 0 saturated heterocycles. The second kappa shape index (κ2) is 12.7. The molecular weight excluding hydrogens is 350 g/mol. The van der Waals surface area contributed by atoms with Crippen LogP contribution in [0.3, 0.4) is 0 Å². The van der Waals surface area contributed by atoms with Crippen molar-refractivity contribution in [1.29, 1.82) is 0 Å². The molecule has 0 saturated carbocycles. The standard InChI is InChI=1S/C22H51NOSi2/c1-8-9-10-11-12-13-14-15-16-17-21(23)18-22(24,19-25(2,3)4)20-26(5,6)7/h21,24H,8-20,23H2,1-7H3/t21-/m0/s1. The Kier molecular flexibility index (Phi) is 12.9. The third kappa shape index (κ3) is 16.5. The number of rotatable bonds is 16. The lowest BCUT2D eigenvalue weighted by Gasteiger charge is -2.39. The minimum atomic E-state index is -1.31. The molecule has 4 heteroatoms. The van der Waals surface area contributed by atoms with Gasteiger partial charge in [-0.2, -0.15) is 0 Å². The molecule has 0 spiro atoms. The van der Waals surface area contributed by atoms with Gasteiger partial charge in [-0.05, 0) is 24.9 Å². The van der Waals surface area contributed by atoms with Crippen LogP contribution in [0, 0.1) is 0 Å². The summed E-state index contributed by atoms with van der Waals surface area (Å²) in [4.78, 5) is 0. The van der Waals surface area contributed by atoms with Gasteiger partial charge in [-0.1, -0.05) is 104 Å².